The summed E-state index contributed by atoms with van der Waals surface area (Å²) in [6, 6.07) is 7.61. The number of hydrogen-bond acceptors (Lipinski definition) is 4. The van der Waals surface area contributed by atoms with E-state index in [9.17, 15) is 18.3 Å². The van der Waals surface area contributed by atoms with E-state index in [4.69, 9.17) is 0 Å². The molecule has 0 aliphatic heterocycles. The molecule has 0 saturated heterocycles. The van der Waals surface area contributed by atoms with Crippen LogP contribution in [-0.2, 0) is 0 Å². The zero-order valence-electron chi connectivity index (χ0n) is 16.4. The van der Waals surface area contributed by atoms with Crippen LogP contribution in [0, 0.1) is 19.7 Å². The predicted octanol–water partition coefficient (Wildman–Crippen LogP) is 5.42. The van der Waals surface area contributed by atoms with Gasteiger partial charge in [0, 0.05) is 22.7 Å². The number of nitrogens with zero attached hydrogens (tertiary/aromatic N) is 4. The first-order valence-corrected chi connectivity index (χ1v) is 9.11. The number of nitrogens with one attached hydrogen (secondary N) is 1. The van der Waals surface area contributed by atoms with Gasteiger partial charge in [-0.05, 0) is 44.5 Å². The number of H-pyrrole nitrogens is 1. The highest BCUT2D eigenvalue weighted by atomic mass is 19.3. The van der Waals surface area contributed by atoms with Gasteiger partial charge in [0.15, 0.2) is 11.7 Å². The fourth-order valence-electron chi connectivity index (χ4n) is 3.41. The van der Waals surface area contributed by atoms with Gasteiger partial charge in [0.1, 0.15) is 5.82 Å². The van der Waals surface area contributed by atoms with Crippen molar-refractivity contribution >= 4 is 22.4 Å². The van der Waals surface area contributed by atoms with Gasteiger partial charge in [-0.2, -0.15) is 8.78 Å². The third kappa shape index (κ3) is 3.42. The molecule has 0 aliphatic rings. The summed E-state index contributed by atoms with van der Waals surface area (Å²) in [6.45, 7) is 2.24. The lowest BCUT2D eigenvalue weighted by molar-refractivity contribution is 0.0546. The zero-order chi connectivity index (χ0) is 21.6. The van der Waals surface area contributed by atoms with E-state index < -0.39 is 6.55 Å². The number of aromatic nitrogens is 4. The summed E-state index contributed by atoms with van der Waals surface area (Å²) >= 11 is 0. The number of rotatable bonds is 4. The van der Waals surface area contributed by atoms with E-state index in [1.165, 1.54) is 25.1 Å². The fourth-order valence-corrected chi connectivity index (χ4v) is 3.41. The third-order valence-corrected chi connectivity index (χ3v) is 4.88. The average Bonchev–Trinajstić information content (AvgIpc) is 3.21. The zero-order valence-corrected chi connectivity index (χ0v) is 16.4. The number of aliphatic imine (C=N–C) groups is 1. The molecule has 4 rings (SSSR count). The van der Waals surface area contributed by atoms with E-state index in [1.54, 1.807) is 25.3 Å². The van der Waals surface area contributed by atoms with Crippen LogP contribution in [0.2, 0.25) is 0 Å². The molecule has 4 aromatic rings. The number of alkyl halides is 2. The first kappa shape index (κ1) is 19.7. The van der Waals surface area contributed by atoms with Gasteiger partial charge in [-0.25, -0.2) is 14.1 Å². The molecule has 0 radical (unpaired) electrons. The van der Waals surface area contributed by atoms with E-state index in [1.807, 2.05) is 6.92 Å². The lowest BCUT2D eigenvalue weighted by Crippen LogP contribution is -2.01. The molecule has 2 N–H and O–H groups in total. The van der Waals surface area contributed by atoms with Gasteiger partial charge in [0.2, 0.25) is 0 Å². The highest BCUT2D eigenvalue weighted by molar-refractivity contribution is 6.13. The molecule has 0 amide bonds. The summed E-state index contributed by atoms with van der Waals surface area (Å²) in [4.78, 5) is 11.5. The van der Waals surface area contributed by atoms with E-state index in [-0.39, 0.29) is 23.2 Å². The minimum absolute atomic E-state index is 0.106. The van der Waals surface area contributed by atoms with Gasteiger partial charge in [0.25, 0.3) is 0 Å². The number of aromatic amines is 1. The molecule has 0 atom stereocenters. The van der Waals surface area contributed by atoms with Gasteiger partial charge in [0.05, 0.1) is 28.7 Å². The van der Waals surface area contributed by atoms with E-state index >= 15 is 0 Å². The third-order valence-electron chi connectivity index (χ3n) is 4.88. The average molecular weight is 413 g/mol. The quantitative estimate of drug-likeness (QED) is 0.438. The maximum absolute atomic E-state index is 13.7. The molecule has 3 aromatic heterocycles. The van der Waals surface area contributed by atoms with Crippen LogP contribution in [0.5, 0.6) is 5.88 Å². The molecular formula is C21H18F3N5O. The molecule has 9 heteroatoms. The molecule has 154 valence electrons. The van der Waals surface area contributed by atoms with Gasteiger partial charge in [-0.1, -0.05) is 6.07 Å². The Morgan fingerprint density at radius 1 is 1.20 bits per heavy atom. The Kier molecular flexibility index (Phi) is 4.81. The van der Waals surface area contributed by atoms with Crippen molar-refractivity contribution < 1.29 is 18.3 Å². The van der Waals surface area contributed by atoms with Crippen molar-refractivity contribution in [1.29, 1.82) is 0 Å². The molecule has 0 bridgehead atoms. The largest absolute Gasteiger partial charge is 0.494 e. The second-order valence-electron chi connectivity index (χ2n) is 6.99. The van der Waals surface area contributed by atoms with Gasteiger partial charge in [-0.3, -0.25) is 4.98 Å². The lowest BCUT2D eigenvalue weighted by atomic mass is 10.0. The Labute approximate surface area is 169 Å². The minimum Gasteiger partial charge on any atom is -0.494 e. The van der Waals surface area contributed by atoms with E-state index in [2.05, 4.69) is 20.1 Å². The molecule has 0 spiro atoms. The van der Waals surface area contributed by atoms with Crippen LogP contribution < -0.4 is 0 Å². The Hall–Kier alpha value is -3.62. The van der Waals surface area contributed by atoms with Crippen LogP contribution in [0.1, 0.15) is 30.3 Å². The molecule has 0 fully saturated rings. The highest BCUT2D eigenvalue weighted by Crippen LogP contribution is 2.32. The SMILES string of the molecule is CC(=Nc1cc(C)n(C(F)F)n1)c1c(O)[nH]c2cnc(-c3cc(F)ccc3C)cc12. The molecule has 0 aliphatic carbocycles. The second-order valence-corrected chi connectivity index (χ2v) is 6.99. The molecule has 0 unspecified atom stereocenters. The Balaban J connectivity index is 1.83. The monoisotopic (exact) mass is 413 g/mol. The standard InChI is InChI=1S/C21H18F3N5O/c1-10-4-5-13(22)7-14(10)16-8-15-17(9-25-16)27-20(30)19(15)12(3)26-18-6-11(2)29(28-18)21(23)24/h4-9,21,27,30H,1-3H3. The van der Waals surface area contributed by atoms with Gasteiger partial charge in [-0.15, -0.1) is 5.10 Å². The second kappa shape index (κ2) is 7.33. The van der Waals surface area contributed by atoms with Crippen LogP contribution in [0.4, 0.5) is 19.0 Å². The van der Waals surface area contributed by atoms with Crippen LogP contribution in [0.25, 0.3) is 22.2 Å². The smallest absolute Gasteiger partial charge is 0.333 e. The van der Waals surface area contributed by atoms with E-state index in [0.717, 1.165) is 5.56 Å². The van der Waals surface area contributed by atoms with Crippen molar-refractivity contribution in [3.8, 4) is 17.1 Å². The number of aromatic hydroxyl groups is 1. The van der Waals surface area contributed by atoms with Crippen LogP contribution in [-0.4, -0.2) is 30.6 Å². The minimum atomic E-state index is -2.76. The Morgan fingerprint density at radius 3 is 2.67 bits per heavy atom. The number of hydrogen-bond donors (Lipinski definition) is 2. The molecule has 0 saturated carbocycles. The maximum Gasteiger partial charge on any atom is 0.333 e. The van der Waals surface area contributed by atoms with Gasteiger partial charge >= 0.3 is 6.55 Å². The highest BCUT2D eigenvalue weighted by Gasteiger charge is 2.17. The van der Waals surface area contributed by atoms with Gasteiger partial charge < -0.3 is 10.1 Å². The molecular weight excluding hydrogens is 395 g/mol. The molecule has 3 heterocycles. The summed E-state index contributed by atoms with van der Waals surface area (Å²) in [5, 5.41) is 14.8. The normalized spacial score (nSPS) is 12.3. The Bertz CT molecular complexity index is 1290. The summed E-state index contributed by atoms with van der Waals surface area (Å²) in [6.07, 6.45) is 1.54. The Morgan fingerprint density at radius 2 is 1.97 bits per heavy atom. The summed E-state index contributed by atoms with van der Waals surface area (Å²) in [5.41, 5.74) is 3.62. The number of aryl methyl sites for hydroxylation is 2. The van der Waals surface area contributed by atoms with Crippen molar-refractivity contribution in [1.82, 2.24) is 19.7 Å². The predicted molar refractivity (Wildman–Crippen MR) is 108 cm³/mol. The topological polar surface area (TPSA) is 79.1 Å². The maximum atomic E-state index is 13.7. The molecule has 30 heavy (non-hydrogen) atoms. The van der Waals surface area contributed by atoms with Crippen molar-refractivity contribution in [2.24, 2.45) is 4.99 Å². The molecule has 6 nitrogen and oxygen atoms in total. The lowest BCUT2D eigenvalue weighted by Gasteiger charge is -2.06. The van der Waals surface area contributed by atoms with Crippen molar-refractivity contribution in [2.45, 2.75) is 27.3 Å². The van der Waals surface area contributed by atoms with Crippen molar-refractivity contribution in [2.75, 3.05) is 0 Å². The van der Waals surface area contributed by atoms with Crippen molar-refractivity contribution in [3.05, 3.63) is 59.2 Å². The van der Waals surface area contributed by atoms with Crippen molar-refractivity contribution in [3.63, 3.8) is 0 Å². The summed E-state index contributed by atoms with van der Waals surface area (Å²) in [7, 11) is 0. The number of halogens is 3. The first-order valence-electron chi connectivity index (χ1n) is 9.11. The number of pyridine rings is 1. The van der Waals surface area contributed by atoms with Crippen LogP contribution in [0.3, 0.4) is 0 Å². The first-order chi connectivity index (χ1) is 14.2. The summed E-state index contributed by atoms with van der Waals surface area (Å²) < 4.78 is 40.2. The number of benzene rings is 1. The van der Waals surface area contributed by atoms with E-state index in [0.29, 0.717) is 38.1 Å². The molecule has 1 aromatic carbocycles. The van der Waals surface area contributed by atoms with Crippen LogP contribution >= 0.6 is 0 Å². The number of fused-ring (bicyclic) bond motifs is 1. The fraction of sp³-hybridized carbons (Fsp3) is 0.190. The van der Waals surface area contributed by atoms with Crippen LogP contribution in [0.15, 0.2) is 41.5 Å². The summed E-state index contributed by atoms with van der Waals surface area (Å²) in [5.74, 6) is -0.405.